The summed E-state index contributed by atoms with van der Waals surface area (Å²) in [5.41, 5.74) is -0.832. The highest BCUT2D eigenvalue weighted by Crippen LogP contribution is 2.23. The second kappa shape index (κ2) is 5.47. The van der Waals surface area contributed by atoms with Gasteiger partial charge in [-0.3, -0.25) is 14.8 Å². The molecule has 0 amide bonds. The molecule has 1 fully saturated rings. The van der Waals surface area contributed by atoms with E-state index in [-0.39, 0.29) is 11.6 Å². The molecular formula is C14H12IN3O3. The molecular weight excluding hydrogens is 385 g/mol. The van der Waals surface area contributed by atoms with E-state index in [1.165, 1.54) is 6.21 Å². The molecule has 2 aromatic rings. The van der Waals surface area contributed by atoms with Gasteiger partial charge in [-0.15, -0.1) is 0 Å². The molecule has 1 heterocycles. The third-order valence-electron chi connectivity index (χ3n) is 3.17. The molecule has 21 heavy (non-hydrogen) atoms. The smallest absolute Gasteiger partial charge is 0.335 e. The van der Waals surface area contributed by atoms with Crippen LogP contribution in [0.2, 0.25) is 0 Å². The molecule has 2 N–H and O–H groups in total. The van der Waals surface area contributed by atoms with Crippen LogP contribution in [0, 0.1) is 3.57 Å². The van der Waals surface area contributed by atoms with E-state index >= 15 is 0 Å². The van der Waals surface area contributed by atoms with Gasteiger partial charge in [0.25, 0.3) is 5.56 Å². The van der Waals surface area contributed by atoms with Crippen molar-refractivity contribution in [3.63, 3.8) is 0 Å². The van der Waals surface area contributed by atoms with Crippen molar-refractivity contribution in [1.29, 1.82) is 0 Å². The quantitative estimate of drug-likeness (QED) is 0.607. The molecule has 0 radical (unpaired) electrons. The summed E-state index contributed by atoms with van der Waals surface area (Å²) in [5, 5.41) is 10.3. The van der Waals surface area contributed by atoms with Gasteiger partial charge in [-0.1, -0.05) is 0 Å². The average molecular weight is 397 g/mol. The Morgan fingerprint density at radius 3 is 2.57 bits per heavy atom. The van der Waals surface area contributed by atoms with Crippen LogP contribution in [-0.4, -0.2) is 26.9 Å². The van der Waals surface area contributed by atoms with Gasteiger partial charge in [0.15, 0.2) is 0 Å². The number of nitrogens with one attached hydrogen (secondary N) is 1. The second-order valence-corrected chi connectivity index (χ2v) is 6.06. The van der Waals surface area contributed by atoms with Gasteiger partial charge in [-0.25, -0.2) is 9.36 Å². The van der Waals surface area contributed by atoms with Crippen molar-refractivity contribution in [3.8, 4) is 11.6 Å². The van der Waals surface area contributed by atoms with Crippen LogP contribution in [0.3, 0.4) is 0 Å². The highest BCUT2D eigenvalue weighted by atomic mass is 127. The standard InChI is InChI=1S/C14H12IN3O3/c15-8-1-5-10(6-2-8)18-13(20)11(7-16-9-3-4-9)12(19)17-14(18)21/h1-2,5-7,9,20H,3-4H2,(H,17,19,21). The summed E-state index contributed by atoms with van der Waals surface area (Å²) >= 11 is 2.14. The van der Waals surface area contributed by atoms with Crippen molar-refractivity contribution in [1.82, 2.24) is 9.55 Å². The lowest BCUT2D eigenvalue weighted by Crippen LogP contribution is -2.31. The van der Waals surface area contributed by atoms with E-state index in [2.05, 4.69) is 32.6 Å². The van der Waals surface area contributed by atoms with Gasteiger partial charge < -0.3 is 5.11 Å². The molecule has 3 rings (SSSR count). The molecule has 0 saturated heterocycles. The summed E-state index contributed by atoms with van der Waals surface area (Å²) in [7, 11) is 0. The Kier molecular flexibility index (Phi) is 3.66. The number of aromatic amines is 1. The number of aromatic nitrogens is 2. The molecule has 1 saturated carbocycles. The minimum absolute atomic E-state index is 0.0000463. The number of hydrogen-bond acceptors (Lipinski definition) is 4. The van der Waals surface area contributed by atoms with Gasteiger partial charge in [0.2, 0.25) is 5.88 Å². The van der Waals surface area contributed by atoms with E-state index in [0.717, 1.165) is 21.0 Å². The van der Waals surface area contributed by atoms with Crippen LogP contribution < -0.4 is 11.2 Å². The van der Waals surface area contributed by atoms with Crippen molar-refractivity contribution in [2.24, 2.45) is 4.99 Å². The summed E-state index contributed by atoms with van der Waals surface area (Å²) in [5.74, 6) is -0.394. The molecule has 0 aliphatic heterocycles. The van der Waals surface area contributed by atoms with Crippen molar-refractivity contribution in [3.05, 3.63) is 54.2 Å². The first-order valence-corrected chi connectivity index (χ1v) is 7.51. The van der Waals surface area contributed by atoms with Gasteiger partial charge in [0, 0.05) is 9.78 Å². The second-order valence-electron chi connectivity index (χ2n) is 4.82. The number of halogens is 1. The molecule has 7 heteroatoms. The Morgan fingerprint density at radius 1 is 1.29 bits per heavy atom. The molecule has 1 aliphatic carbocycles. The maximum atomic E-state index is 11.9. The molecule has 0 unspecified atom stereocenters. The molecule has 0 atom stereocenters. The number of benzene rings is 1. The van der Waals surface area contributed by atoms with E-state index in [9.17, 15) is 14.7 Å². The van der Waals surface area contributed by atoms with Crippen molar-refractivity contribution >= 4 is 28.8 Å². The average Bonchev–Trinajstić information content (AvgIpc) is 3.24. The molecule has 0 spiro atoms. The van der Waals surface area contributed by atoms with Crippen LogP contribution >= 0.6 is 22.6 Å². The summed E-state index contributed by atoms with van der Waals surface area (Å²) in [6.07, 6.45) is 3.33. The Bertz CT molecular complexity index is 817. The first-order valence-electron chi connectivity index (χ1n) is 6.43. The fourth-order valence-corrected chi connectivity index (χ4v) is 2.25. The van der Waals surface area contributed by atoms with Crippen molar-refractivity contribution in [2.75, 3.05) is 0 Å². The zero-order valence-electron chi connectivity index (χ0n) is 10.9. The predicted molar refractivity (Wildman–Crippen MR) is 87.7 cm³/mol. The highest BCUT2D eigenvalue weighted by molar-refractivity contribution is 14.1. The summed E-state index contributed by atoms with van der Waals surface area (Å²) in [6, 6.07) is 7.24. The summed E-state index contributed by atoms with van der Waals surface area (Å²) in [6.45, 7) is 0. The Hall–Kier alpha value is -1.90. The molecule has 1 aromatic heterocycles. The maximum absolute atomic E-state index is 11.9. The molecule has 1 aliphatic rings. The van der Waals surface area contributed by atoms with E-state index < -0.39 is 17.1 Å². The highest BCUT2D eigenvalue weighted by Gasteiger charge is 2.20. The SMILES string of the molecule is O=c1[nH]c(=O)n(-c2ccc(I)cc2)c(O)c1C=NC1CC1. The zero-order chi connectivity index (χ0) is 15.0. The minimum Gasteiger partial charge on any atom is -0.493 e. The fourth-order valence-electron chi connectivity index (χ4n) is 1.89. The Balaban J connectivity index is 2.15. The van der Waals surface area contributed by atoms with Gasteiger partial charge in [-0.05, 0) is 59.7 Å². The number of rotatable bonds is 3. The summed E-state index contributed by atoms with van der Waals surface area (Å²) in [4.78, 5) is 30.1. The van der Waals surface area contributed by atoms with Gasteiger partial charge in [0.05, 0.1) is 11.7 Å². The van der Waals surface area contributed by atoms with Crippen LogP contribution in [0.5, 0.6) is 5.88 Å². The normalized spacial score (nSPS) is 14.7. The van der Waals surface area contributed by atoms with E-state index in [4.69, 9.17) is 0 Å². The lowest BCUT2D eigenvalue weighted by atomic mass is 10.3. The first kappa shape index (κ1) is 14.1. The zero-order valence-corrected chi connectivity index (χ0v) is 13.1. The largest absolute Gasteiger partial charge is 0.493 e. The predicted octanol–water partition coefficient (Wildman–Crippen LogP) is 1.42. The van der Waals surface area contributed by atoms with E-state index in [1.807, 2.05) is 12.1 Å². The minimum atomic E-state index is -0.678. The Morgan fingerprint density at radius 2 is 1.95 bits per heavy atom. The van der Waals surface area contributed by atoms with Gasteiger partial charge >= 0.3 is 5.69 Å². The van der Waals surface area contributed by atoms with E-state index in [1.54, 1.807) is 12.1 Å². The molecule has 0 bridgehead atoms. The van der Waals surface area contributed by atoms with Gasteiger partial charge in [-0.2, -0.15) is 0 Å². The van der Waals surface area contributed by atoms with E-state index in [0.29, 0.717) is 5.69 Å². The Labute approximate surface area is 133 Å². The summed E-state index contributed by atoms with van der Waals surface area (Å²) < 4.78 is 2.06. The molecule has 1 aromatic carbocycles. The number of aromatic hydroxyl groups is 1. The third kappa shape index (κ3) is 2.92. The van der Waals surface area contributed by atoms with Crippen LogP contribution in [0.15, 0.2) is 38.8 Å². The topological polar surface area (TPSA) is 87.5 Å². The number of aliphatic imine (C=N–C) groups is 1. The van der Waals surface area contributed by atoms with Crippen LogP contribution in [0.1, 0.15) is 18.4 Å². The number of nitrogens with zero attached hydrogens (tertiary/aromatic N) is 2. The molecule has 108 valence electrons. The number of hydrogen-bond donors (Lipinski definition) is 2. The molecule has 6 nitrogen and oxygen atoms in total. The van der Waals surface area contributed by atoms with Crippen molar-refractivity contribution < 1.29 is 5.11 Å². The van der Waals surface area contributed by atoms with Gasteiger partial charge in [0.1, 0.15) is 5.56 Å². The van der Waals surface area contributed by atoms with Crippen LogP contribution in [0.25, 0.3) is 5.69 Å². The van der Waals surface area contributed by atoms with Crippen LogP contribution in [-0.2, 0) is 0 Å². The maximum Gasteiger partial charge on any atom is 0.335 e. The van der Waals surface area contributed by atoms with Crippen LogP contribution in [0.4, 0.5) is 0 Å². The lowest BCUT2D eigenvalue weighted by molar-refractivity contribution is 0.430. The monoisotopic (exact) mass is 397 g/mol. The number of H-pyrrole nitrogens is 1. The third-order valence-corrected chi connectivity index (χ3v) is 3.89. The first-order chi connectivity index (χ1) is 10.1. The fraction of sp³-hybridized carbons (Fsp3) is 0.214. The lowest BCUT2D eigenvalue weighted by Gasteiger charge is -2.09. The van der Waals surface area contributed by atoms with Crippen molar-refractivity contribution in [2.45, 2.75) is 18.9 Å².